The van der Waals surface area contributed by atoms with Crippen LogP contribution in [0.2, 0.25) is 5.02 Å². The van der Waals surface area contributed by atoms with E-state index >= 15 is 0 Å². The van der Waals surface area contributed by atoms with E-state index in [9.17, 15) is 18.8 Å². The summed E-state index contributed by atoms with van der Waals surface area (Å²) in [6.45, 7) is 4.50. The highest BCUT2D eigenvalue weighted by atomic mass is 35.5. The molecule has 3 aromatic rings. The van der Waals surface area contributed by atoms with Gasteiger partial charge in [-0.3, -0.25) is 24.0 Å². The second-order valence-electron chi connectivity index (χ2n) is 8.46. The second-order valence-corrected chi connectivity index (χ2v) is 9.88. The zero-order chi connectivity index (χ0) is 24.8. The Morgan fingerprint density at radius 1 is 1.24 bits per heavy atom. The highest BCUT2D eigenvalue weighted by molar-refractivity contribution is 8.18. The monoisotopic (exact) mass is 501 g/mol. The van der Waals surface area contributed by atoms with Gasteiger partial charge >= 0.3 is 5.97 Å². The molecule has 1 aliphatic rings. The van der Waals surface area contributed by atoms with Crippen molar-refractivity contribution in [2.75, 3.05) is 6.54 Å². The lowest BCUT2D eigenvalue weighted by Gasteiger charge is -2.20. The van der Waals surface area contributed by atoms with Gasteiger partial charge in [0.15, 0.2) is 0 Å². The largest absolute Gasteiger partial charge is 0.480 e. The molecule has 0 aliphatic carbocycles. The number of aromatic nitrogens is 2. The van der Waals surface area contributed by atoms with Crippen LogP contribution in [0.3, 0.4) is 0 Å². The molecule has 0 radical (unpaired) electrons. The number of carbonyl (C=O) groups excluding carboxylic acids is 2. The van der Waals surface area contributed by atoms with E-state index in [-0.39, 0.29) is 4.91 Å². The Kier molecular flexibility index (Phi) is 6.26. The van der Waals surface area contributed by atoms with Crippen LogP contribution >= 0.6 is 23.4 Å². The number of carboxylic acids is 1. The molecule has 1 N–H and O–H groups in total. The molecular formula is C24H21ClFN3O4S. The molecule has 34 heavy (non-hydrogen) atoms. The van der Waals surface area contributed by atoms with Crippen LogP contribution in [0.5, 0.6) is 0 Å². The van der Waals surface area contributed by atoms with E-state index in [0.29, 0.717) is 39.4 Å². The van der Waals surface area contributed by atoms with E-state index in [1.165, 1.54) is 13.8 Å². The number of aryl methyl sites for hydroxylation is 1. The van der Waals surface area contributed by atoms with Gasteiger partial charge in [-0.15, -0.1) is 0 Å². The molecule has 1 aromatic heterocycles. The molecule has 176 valence electrons. The average Bonchev–Trinajstić information content (AvgIpc) is 3.19. The molecule has 0 saturated carbocycles. The highest BCUT2D eigenvalue weighted by Gasteiger charge is 2.36. The number of rotatable bonds is 6. The third kappa shape index (κ3) is 4.71. The maximum Gasteiger partial charge on any atom is 0.323 e. The van der Waals surface area contributed by atoms with Crippen molar-refractivity contribution in [3.63, 3.8) is 0 Å². The van der Waals surface area contributed by atoms with Gasteiger partial charge in [0.05, 0.1) is 22.7 Å². The molecule has 1 saturated heterocycles. The van der Waals surface area contributed by atoms with Gasteiger partial charge in [-0.2, -0.15) is 5.10 Å². The van der Waals surface area contributed by atoms with Gasteiger partial charge in [0.25, 0.3) is 11.1 Å². The zero-order valence-corrected chi connectivity index (χ0v) is 20.2. The quantitative estimate of drug-likeness (QED) is 0.456. The van der Waals surface area contributed by atoms with Crippen molar-refractivity contribution in [2.45, 2.75) is 33.0 Å². The molecule has 0 spiro atoms. The number of alkyl halides is 1. The fraction of sp³-hybridized carbons (Fsp3) is 0.250. The predicted molar refractivity (Wildman–Crippen MR) is 129 cm³/mol. The summed E-state index contributed by atoms with van der Waals surface area (Å²) >= 11 is 6.80. The van der Waals surface area contributed by atoms with Crippen LogP contribution in [0, 0.1) is 6.92 Å². The average molecular weight is 502 g/mol. The number of carboxylic acid groups (broad SMARTS) is 1. The number of imide groups is 1. The number of hydrogen-bond donors (Lipinski definition) is 1. The molecule has 0 bridgehead atoms. The molecule has 1 aliphatic heterocycles. The number of halogens is 2. The van der Waals surface area contributed by atoms with E-state index < -0.39 is 29.3 Å². The summed E-state index contributed by atoms with van der Waals surface area (Å²) in [5, 5.41) is 14.2. The van der Waals surface area contributed by atoms with Crippen molar-refractivity contribution in [1.82, 2.24) is 14.7 Å². The SMILES string of the molecule is Cc1nn(Cc2ccc(Cl)cc2C(C)(C)F)c2ccc(/C=C3\SC(=O)N(CC(=O)O)C3=O)cc12. The molecule has 10 heteroatoms. The Labute approximate surface area is 204 Å². The number of nitrogens with zero attached hydrogens (tertiary/aromatic N) is 3. The molecule has 0 unspecified atom stereocenters. The van der Waals surface area contributed by atoms with E-state index in [4.69, 9.17) is 16.7 Å². The molecule has 2 aromatic carbocycles. The molecule has 2 amide bonds. The predicted octanol–water partition coefficient (Wildman–Crippen LogP) is 5.37. The van der Waals surface area contributed by atoms with E-state index in [1.807, 2.05) is 19.1 Å². The summed E-state index contributed by atoms with van der Waals surface area (Å²) in [6, 6.07) is 10.6. The second kappa shape index (κ2) is 8.88. The van der Waals surface area contributed by atoms with Crippen molar-refractivity contribution in [3.8, 4) is 0 Å². The Morgan fingerprint density at radius 2 is 1.97 bits per heavy atom. The lowest BCUT2D eigenvalue weighted by atomic mass is 9.94. The normalized spacial score (nSPS) is 15.7. The first kappa shape index (κ1) is 24.0. The summed E-state index contributed by atoms with van der Waals surface area (Å²) in [4.78, 5) is 36.2. The van der Waals surface area contributed by atoms with Crippen LogP contribution in [0.1, 0.15) is 36.2 Å². The van der Waals surface area contributed by atoms with E-state index in [0.717, 1.165) is 22.2 Å². The van der Waals surface area contributed by atoms with Gasteiger partial charge < -0.3 is 5.11 Å². The highest BCUT2D eigenvalue weighted by Crippen LogP contribution is 2.34. The van der Waals surface area contributed by atoms with Crippen LogP contribution in [0.25, 0.3) is 17.0 Å². The zero-order valence-electron chi connectivity index (χ0n) is 18.6. The summed E-state index contributed by atoms with van der Waals surface area (Å²) in [5.41, 5.74) is 1.93. The minimum absolute atomic E-state index is 0.159. The first-order chi connectivity index (χ1) is 15.9. The summed E-state index contributed by atoms with van der Waals surface area (Å²) in [6.07, 6.45) is 1.56. The van der Waals surface area contributed by atoms with Crippen LogP contribution in [-0.2, 0) is 21.8 Å². The Bertz CT molecular complexity index is 1380. The number of aliphatic carboxylic acids is 1. The molecule has 7 nitrogen and oxygen atoms in total. The Morgan fingerprint density at radius 3 is 2.65 bits per heavy atom. The summed E-state index contributed by atoms with van der Waals surface area (Å²) < 4.78 is 16.6. The van der Waals surface area contributed by atoms with Gasteiger partial charge in [0.1, 0.15) is 12.2 Å². The van der Waals surface area contributed by atoms with E-state index in [1.54, 1.807) is 35.0 Å². The van der Waals surface area contributed by atoms with Crippen molar-refractivity contribution in [2.24, 2.45) is 0 Å². The summed E-state index contributed by atoms with van der Waals surface area (Å²) in [7, 11) is 0. The molecule has 4 rings (SSSR count). The minimum Gasteiger partial charge on any atom is -0.480 e. The lowest BCUT2D eigenvalue weighted by molar-refractivity contribution is -0.140. The van der Waals surface area contributed by atoms with Crippen LogP contribution in [0.15, 0.2) is 41.3 Å². The molecule has 0 atom stereocenters. The van der Waals surface area contributed by atoms with Crippen molar-refractivity contribution >= 4 is 57.5 Å². The fourth-order valence-electron chi connectivity index (χ4n) is 3.89. The van der Waals surface area contributed by atoms with Crippen LogP contribution < -0.4 is 0 Å². The van der Waals surface area contributed by atoms with Gasteiger partial charge in [-0.1, -0.05) is 23.7 Å². The standard InChI is InChI=1S/C24H21ClFN3O4S/c1-13-17-8-14(9-20-22(32)28(12-21(30)31)23(33)34-20)4-7-19(17)29(27-13)11-15-5-6-16(25)10-18(15)24(2,3)26/h4-10H,11-12H2,1-3H3,(H,30,31)/b20-9-. The minimum atomic E-state index is -1.57. The van der Waals surface area contributed by atoms with Gasteiger partial charge in [-0.25, -0.2) is 4.39 Å². The Balaban J connectivity index is 1.67. The first-order valence-electron chi connectivity index (χ1n) is 10.4. The van der Waals surface area contributed by atoms with Crippen molar-refractivity contribution in [1.29, 1.82) is 0 Å². The Hall–Kier alpha value is -3.17. The maximum absolute atomic E-state index is 14.8. The van der Waals surface area contributed by atoms with Gasteiger partial charge in [0, 0.05) is 10.4 Å². The van der Waals surface area contributed by atoms with Crippen molar-refractivity contribution in [3.05, 3.63) is 68.7 Å². The van der Waals surface area contributed by atoms with Gasteiger partial charge in [0.2, 0.25) is 0 Å². The van der Waals surface area contributed by atoms with Crippen molar-refractivity contribution < 1.29 is 23.9 Å². The van der Waals surface area contributed by atoms with Crippen LogP contribution in [-0.4, -0.2) is 43.4 Å². The third-order valence-electron chi connectivity index (χ3n) is 5.46. The number of benzene rings is 2. The van der Waals surface area contributed by atoms with Gasteiger partial charge in [-0.05, 0) is 79.6 Å². The molecule has 1 fully saturated rings. The number of amides is 2. The smallest absolute Gasteiger partial charge is 0.323 e. The third-order valence-corrected chi connectivity index (χ3v) is 6.60. The maximum atomic E-state index is 14.8. The molecular weight excluding hydrogens is 481 g/mol. The molecule has 2 heterocycles. The summed E-state index contributed by atoms with van der Waals surface area (Å²) in [5.74, 6) is -1.89. The number of hydrogen-bond acceptors (Lipinski definition) is 5. The number of fused-ring (bicyclic) bond motifs is 1. The van der Waals surface area contributed by atoms with E-state index in [2.05, 4.69) is 5.10 Å². The number of carbonyl (C=O) groups is 3. The fourth-order valence-corrected chi connectivity index (χ4v) is 4.90. The lowest BCUT2D eigenvalue weighted by Crippen LogP contribution is -2.33. The first-order valence-corrected chi connectivity index (χ1v) is 11.6. The van der Waals surface area contributed by atoms with Crippen LogP contribution in [0.4, 0.5) is 9.18 Å². The topological polar surface area (TPSA) is 92.5 Å². The number of thioether (sulfide) groups is 1.